The third kappa shape index (κ3) is 4.26. The average Bonchev–Trinajstić information content (AvgIpc) is 3.06. The Balaban J connectivity index is 1.94. The van der Waals surface area contributed by atoms with Gasteiger partial charge >= 0.3 is 5.97 Å². The number of carboxylic acid groups (broad SMARTS) is 1. The fourth-order valence-electron chi connectivity index (χ4n) is 2.33. The van der Waals surface area contributed by atoms with Crippen molar-refractivity contribution in [1.82, 2.24) is 19.4 Å². The third-order valence-corrected chi connectivity index (χ3v) is 4.93. The van der Waals surface area contributed by atoms with Crippen molar-refractivity contribution in [2.45, 2.75) is 37.2 Å². The van der Waals surface area contributed by atoms with Crippen molar-refractivity contribution < 1.29 is 18.3 Å². The summed E-state index contributed by atoms with van der Waals surface area (Å²) >= 11 is 0. The maximum atomic E-state index is 12.1. The van der Waals surface area contributed by atoms with Crippen LogP contribution >= 0.6 is 0 Å². The van der Waals surface area contributed by atoms with Gasteiger partial charge in [-0.25, -0.2) is 13.1 Å². The number of nitrogens with one attached hydrogen (secondary N) is 1. The van der Waals surface area contributed by atoms with Crippen LogP contribution in [0.2, 0.25) is 0 Å². The van der Waals surface area contributed by atoms with Gasteiger partial charge in [0.15, 0.2) is 0 Å². The summed E-state index contributed by atoms with van der Waals surface area (Å²) < 4.78 is 27.9. The molecule has 1 aliphatic rings. The maximum absolute atomic E-state index is 12.1. The van der Waals surface area contributed by atoms with Gasteiger partial charge in [-0.3, -0.25) is 14.4 Å². The molecule has 0 bridgehead atoms. The minimum Gasteiger partial charge on any atom is -0.480 e. The molecule has 1 aliphatic heterocycles. The summed E-state index contributed by atoms with van der Waals surface area (Å²) in [6.45, 7) is 3.95. The third-order valence-electron chi connectivity index (χ3n) is 3.55. The zero-order chi connectivity index (χ0) is 15.5. The lowest BCUT2D eigenvalue weighted by Gasteiger charge is -2.23. The summed E-state index contributed by atoms with van der Waals surface area (Å²) in [5.74, 6) is -1.07. The molecule has 1 aromatic heterocycles. The van der Waals surface area contributed by atoms with Crippen LogP contribution in [0.3, 0.4) is 0 Å². The van der Waals surface area contributed by atoms with E-state index in [1.54, 1.807) is 0 Å². The van der Waals surface area contributed by atoms with Crippen molar-refractivity contribution >= 4 is 16.0 Å². The molecule has 0 saturated carbocycles. The van der Waals surface area contributed by atoms with Crippen LogP contribution in [0.5, 0.6) is 0 Å². The van der Waals surface area contributed by atoms with Crippen molar-refractivity contribution in [3.8, 4) is 0 Å². The molecule has 9 heteroatoms. The van der Waals surface area contributed by atoms with Crippen LogP contribution < -0.4 is 4.72 Å². The number of rotatable bonds is 7. The highest BCUT2D eigenvalue weighted by Crippen LogP contribution is 2.12. The van der Waals surface area contributed by atoms with Crippen molar-refractivity contribution in [2.75, 3.05) is 19.6 Å². The smallest absolute Gasteiger partial charge is 0.325 e. The number of aliphatic carboxylic acids is 1. The maximum Gasteiger partial charge on any atom is 0.325 e. The first-order valence-electron chi connectivity index (χ1n) is 6.86. The number of likely N-dealkylation sites (tertiary alicyclic amines) is 1. The molecule has 0 aromatic carbocycles. The quantitative estimate of drug-likeness (QED) is 0.717. The highest BCUT2D eigenvalue weighted by Gasteiger charge is 2.22. The van der Waals surface area contributed by atoms with Gasteiger partial charge in [0.05, 0.1) is 6.20 Å². The molecule has 118 valence electrons. The molecule has 2 heterocycles. The Morgan fingerprint density at radius 1 is 1.48 bits per heavy atom. The molecule has 1 saturated heterocycles. The zero-order valence-corrected chi connectivity index (χ0v) is 12.7. The van der Waals surface area contributed by atoms with Gasteiger partial charge in [0.25, 0.3) is 0 Å². The van der Waals surface area contributed by atoms with E-state index in [1.165, 1.54) is 6.20 Å². The molecular formula is C12H20N4O4S. The summed E-state index contributed by atoms with van der Waals surface area (Å²) in [7, 11) is -3.65. The zero-order valence-electron chi connectivity index (χ0n) is 11.9. The van der Waals surface area contributed by atoms with E-state index >= 15 is 0 Å². The van der Waals surface area contributed by atoms with Gasteiger partial charge in [-0.1, -0.05) is 0 Å². The van der Waals surface area contributed by atoms with Crippen molar-refractivity contribution in [3.05, 3.63) is 12.4 Å². The SMILES string of the molecule is CC(CNS(=O)(=O)c1cnn(CC(=O)O)c1)N1CCCC1. The van der Waals surface area contributed by atoms with Crippen LogP contribution in [-0.4, -0.2) is 59.9 Å². The molecule has 2 rings (SSSR count). The number of carboxylic acids is 1. The average molecular weight is 316 g/mol. The summed E-state index contributed by atoms with van der Waals surface area (Å²) in [6.07, 6.45) is 4.68. The first-order chi connectivity index (χ1) is 9.88. The van der Waals surface area contributed by atoms with E-state index in [1.807, 2.05) is 6.92 Å². The van der Waals surface area contributed by atoms with E-state index in [-0.39, 0.29) is 17.5 Å². The molecule has 1 aromatic rings. The molecule has 21 heavy (non-hydrogen) atoms. The lowest BCUT2D eigenvalue weighted by Crippen LogP contribution is -2.40. The van der Waals surface area contributed by atoms with Gasteiger partial charge in [-0.15, -0.1) is 0 Å². The van der Waals surface area contributed by atoms with Crippen LogP contribution in [0, 0.1) is 0 Å². The molecule has 0 amide bonds. The number of sulfonamides is 1. The number of hydrogen-bond donors (Lipinski definition) is 2. The monoisotopic (exact) mass is 316 g/mol. The predicted molar refractivity (Wildman–Crippen MR) is 75.3 cm³/mol. The first-order valence-corrected chi connectivity index (χ1v) is 8.35. The molecular weight excluding hydrogens is 296 g/mol. The Hall–Kier alpha value is -1.45. The number of nitrogens with zero attached hydrogens (tertiary/aromatic N) is 3. The molecule has 1 fully saturated rings. The standard InChI is InChI=1S/C12H20N4O4S/c1-10(15-4-2-3-5-15)6-14-21(19,20)11-7-13-16(8-11)9-12(17)18/h7-8,10,14H,2-6,9H2,1H3,(H,17,18). The van der Waals surface area contributed by atoms with Gasteiger partial charge in [0, 0.05) is 18.8 Å². The van der Waals surface area contributed by atoms with Crippen molar-refractivity contribution in [1.29, 1.82) is 0 Å². The summed E-state index contributed by atoms with van der Waals surface area (Å²) in [4.78, 5) is 12.8. The second-order valence-corrected chi connectivity index (χ2v) is 6.98. The van der Waals surface area contributed by atoms with E-state index in [0.29, 0.717) is 6.54 Å². The number of carbonyl (C=O) groups is 1. The topological polar surface area (TPSA) is 105 Å². The van der Waals surface area contributed by atoms with Crippen molar-refractivity contribution in [3.63, 3.8) is 0 Å². The second-order valence-electron chi connectivity index (χ2n) is 5.21. The summed E-state index contributed by atoms with van der Waals surface area (Å²) in [6, 6.07) is 0.135. The van der Waals surface area contributed by atoms with Gasteiger partial charge in [0.2, 0.25) is 10.0 Å². The summed E-state index contributed by atoms with van der Waals surface area (Å²) in [5.41, 5.74) is 0. The van der Waals surface area contributed by atoms with E-state index in [0.717, 1.165) is 36.8 Å². The number of aromatic nitrogens is 2. The minimum absolute atomic E-state index is 0.0163. The van der Waals surface area contributed by atoms with Crippen LogP contribution in [0.15, 0.2) is 17.3 Å². The van der Waals surface area contributed by atoms with E-state index in [9.17, 15) is 13.2 Å². The second kappa shape index (κ2) is 6.54. The minimum atomic E-state index is -3.65. The van der Waals surface area contributed by atoms with Crippen LogP contribution in [0.4, 0.5) is 0 Å². The molecule has 0 spiro atoms. The van der Waals surface area contributed by atoms with Crippen LogP contribution in [0.1, 0.15) is 19.8 Å². The first kappa shape index (κ1) is 15.9. The van der Waals surface area contributed by atoms with Gasteiger partial charge < -0.3 is 5.11 Å². The van der Waals surface area contributed by atoms with Gasteiger partial charge in [0.1, 0.15) is 11.4 Å². The highest BCUT2D eigenvalue weighted by molar-refractivity contribution is 7.89. The molecule has 2 N–H and O–H groups in total. The van der Waals surface area contributed by atoms with Gasteiger partial charge in [-0.05, 0) is 32.9 Å². The van der Waals surface area contributed by atoms with Crippen LogP contribution in [0.25, 0.3) is 0 Å². The normalized spacial score (nSPS) is 18.0. The van der Waals surface area contributed by atoms with Crippen LogP contribution in [-0.2, 0) is 21.4 Å². The lowest BCUT2D eigenvalue weighted by molar-refractivity contribution is -0.137. The Kier molecular flexibility index (Phi) is 4.96. The summed E-state index contributed by atoms with van der Waals surface area (Å²) in [5, 5.41) is 12.4. The van der Waals surface area contributed by atoms with E-state index in [4.69, 9.17) is 5.11 Å². The molecule has 0 radical (unpaired) electrons. The number of hydrogen-bond acceptors (Lipinski definition) is 5. The molecule has 0 aliphatic carbocycles. The largest absolute Gasteiger partial charge is 0.480 e. The van der Waals surface area contributed by atoms with Crippen molar-refractivity contribution in [2.24, 2.45) is 0 Å². The Bertz CT molecular complexity index is 592. The van der Waals surface area contributed by atoms with Gasteiger partial charge in [-0.2, -0.15) is 5.10 Å². The molecule has 1 atom stereocenters. The molecule has 1 unspecified atom stereocenters. The Morgan fingerprint density at radius 2 is 2.14 bits per heavy atom. The Morgan fingerprint density at radius 3 is 2.76 bits per heavy atom. The predicted octanol–water partition coefficient (Wildman–Crippen LogP) is -0.270. The lowest BCUT2D eigenvalue weighted by atomic mass is 10.3. The molecule has 8 nitrogen and oxygen atoms in total. The fourth-order valence-corrected chi connectivity index (χ4v) is 3.41. The highest BCUT2D eigenvalue weighted by atomic mass is 32.2. The van der Waals surface area contributed by atoms with E-state index in [2.05, 4.69) is 14.7 Å². The van der Waals surface area contributed by atoms with E-state index < -0.39 is 16.0 Å². The Labute approximate surface area is 123 Å². The fraction of sp³-hybridized carbons (Fsp3) is 0.667.